The molecule has 0 atom stereocenters. The molecule has 0 heterocycles. The molecular weight excluding hydrogens is 705 g/mol. The highest BCUT2D eigenvalue weighted by Gasteiger charge is 2.40. The van der Waals surface area contributed by atoms with Gasteiger partial charge in [0.15, 0.2) is 0 Å². The minimum absolute atomic E-state index is 0.127. The number of hydrogen-bond acceptors (Lipinski definition) is 12. The summed E-state index contributed by atoms with van der Waals surface area (Å²) in [5.41, 5.74) is 9.65. The molecule has 0 aromatic rings. The number of allylic oxidation sites excluding steroid dienone is 4. The maximum atomic E-state index is 12.0. The first-order valence-electron chi connectivity index (χ1n) is 19.1. The summed E-state index contributed by atoms with van der Waals surface area (Å²) in [6.45, 7) is 12.5. The van der Waals surface area contributed by atoms with Gasteiger partial charge < -0.3 is 39.1 Å². The van der Waals surface area contributed by atoms with Gasteiger partial charge in [0, 0.05) is 39.0 Å². The van der Waals surface area contributed by atoms with Crippen molar-refractivity contribution in [1.29, 1.82) is 0 Å². The summed E-state index contributed by atoms with van der Waals surface area (Å²) in [4.78, 5) is 24.0. The molecule has 0 saturated heterocycles. The van der Waals surface area contributed by atoms with Gasteiger partial charge in [-0.25, -0.2) is 0 Å². The van der Waals surface area contributed by atoms with Gasteiger partial charge in [-0.05, 0) is 63.2 Å². The second-order valence-corrected chi connectivity index (χ2v) is 15.0. The van der Waals surface area contributed by atoms with Gasteiger partial charge in [0.2, 0.25) is 11.8 Å². The fourth-order valence-corrected chi connectivity index (χ4v) is 8.27. The van der Waals surface area contributed by atoms with Crippen LogP contribution in [-0.2, 0) is 38.0 Å². The molecule has 3 saturated carbocycles. The summed E-state index contributed by atoms with van der Waals surface area (Å²) in [7, 11) is 0. The maximum absolute atomic E-state index is 12.0. The van der Waals surface area contributed by atoms with E-state index in [4.69, 9.17) is 28.4 Å². The van der Waals surface area contributed by atoms with E-state index in [1.165, 1.54) is 49.7 Å². The van der Waals surface area contributed by atoms with Crippen LogP contribution in [-0.4, -0.2) is 123 Å². The van der Waals surface area contributed by atoms with E-state index in [9.17, 15) is 9.59 Å². The molecule has 5 rings (SSSR count). The van der Waals surface area contributed by atoms with E-state index in [0.717, 1.165) is 32.4 Å². The predicted octanol–water partition coefficient (Wildman–Crippen LogP) is 4.54. The Morgan fingerprint density at radius 1 is 0.596 bits per heavy atom. The first-order valence-corrected chi connectivity index (χ1v) is 20.9. The number of carbonyl (C=O) groups is 2. The molecule has 2 amide bonds. The van der Waals surface area contributed by atoms with Crippen molar-refractivity contribution in [2.24, 2.45) is 0 Å². The average molecular weight is 767 g/mol. The molecule has 0 aromatic heterocycles. The number of amides is 2. The second kappa shape index (κ2) is 27.0. The molecule has 294 valence electrons. The standard InChI is InChI=1S/C38H62N4O8S2/c1-30-3-2-4-31(6-5-30)29-51-41-13-17-47-21-25-49-23-19-45-15-11-39-36(43)9-10-37(44)40-12-16-46-20-24-50-26-22-48-18-14-42-52-38-34-7-8-35(38)33-27-32(34)28-33/h29,38,41-42H,1-28H2,(H,39,43)(H,40,44)/b31-29+. The van der Waals surface area contributed by atoms with Gasteiger partial charge in [-0.1, -0.05) is 63.9 Å². The number of ether oxygens (including phenoxy) is 6. The van der Waals surface area contributed by atoms with Crippen molar-refractivity contribution >= 4 is 35.7 Å². The lowest BCUT2D eigenvalue weighted by molar-refractivity contribution is -0.126. The Morgan fingerprint density at radius 3 is 1.62 bits per heavy atom. The molecule has 0 unspecified atom stereocenters. The minimum Gasteiger partial charge on any atom is -0.378 e. The molecule has 0 spiro atoms. The maximum Gasteiger partial charge on any atom is 0.220 e. The van der Waals surface area contributed by atoms with Crippen molar-refractivity contribution < 1.29 is 38.0 Å². The number of carbonyl (C=O) groups excluding carboxylic acids is 2. The van der Waals surface area contributed by atoms with E-state index in [1.54, 1.807) is 34.2 Å². The van der Waals surface area contributed by atoms with Crippen molar-refractivity contribution in [2.45, 2.75) is 75.9 Å². The topological polar surface area (TPSA) is 138 Å². The highest BCUT2D eigenvalue weighted by atomic mass is 32.2. The molecule has 3 fully saturated rings. The van der Waals surface area contributed by atoms with Gasteiger partial charge in [0.25, 0.3) is 0 Å². The summed E-state index contributed by atoms with van der Waals surface area (Å²) in [6.07, 6.45) is 11.1. The predicted molar refractivity (Wildman–Crippen MR) is 208 cm³/mol. The summed E-state index contributed by atoms with van der Waals surface area (Å²) in [5, 5.41) is 8.36. The number of rotatable bonds is 31. The van der Waals surface area contributed by atoms with E-state index >= 15 is 0 Å². The van der Waals surface area contributed by atoms with Gasteiger partial charge in [0.05, 0.1) is 84.5 Å². The molecular formula is C38H62N4O8S2. The molecule has 0 aromatic carbocycles. The van der Waals surface area contributed by atoms with E-state index in [1.807, 2.05) is 11.9 Å². The molecule has 4 N–H and O–H groups in total. The molecule has 5 aliphatic rings. The van der Waals surface area contributed by atoms with Crippen LogP contribution in [0.3, 0.4) is 0 Å². The van der Waals surface area contributed by atoms with Crippen molar-refractivity contribution in [3.05, 3.63) is 45.4 Å². The van der Waals surface area contributed by atoms with Crippen LogP contribution < -0.4 is 20.1 Å². The van der Waals surface area contributed by atoms with E-state index in [2.05, 4.69) is 32.1 Å². The SMILES string of the molecule is C=C1CCC/C(=C\SNCCOCCOCCOCCNC(=O)CCC(=O)NCCOCCOCCOCCNSC2C3=C4CC(=C2CC3)C4)CC1. The van der Waals surface area contributed by atoms with Crippen molar-refractivity contribution in [1.82, 2.24) is 20.1 Å². The first kappa shape index (κ1) is 43.0. The monoisotopic (exact) mass is 766 g/mol. The van der Waals surface area contributed by atoms with Crippen LogP contribution in [0.25, 0.3) is 0 Å². The van der Waals surface area contributed by atoms with Gasteiger partial charge in [-0.15, -0.1) is 0 Å². The van der Waals surface area contributed by atoms with Crippen molar-refractivity contribution in [2.75, 3.05) is 105 Å². The zero-order valence-corrected chi connectivity index (χ0v) is 32.7. The van der Waals surface area contributed by atoms with Gasteiger partial charge in [-0.3, -0.25) is 19.0 Å². The summed E-state index contributed by atoms with van der Waals surface area (Å²) in [5.74, 6) is -0.362. The summed E-state index contributed by atoms with van der Waals surface area (Å²) in [6, 6.07) is 0. The molecule has 5 aliphatic carbocycles. The first-order chi connectivity index (χ1) is 25.6. The third kappa shape index (κ3) is 17.6. The minimum atomic E-state index is -0.182. The van der Waals surface area contributed by atoms with E-state index < -0.39 is 0 Å². The van der Waals surface area contributed by atoms with Gasteiger partial charge >= 0.3 is 0 Å². The number of nitrogens with one attached hydrogen (secondary N) is 4. The normalized spacial score (nSPS) is 17.9. The quantitative estimate of drug-likeness (QED) is 0.0342. The third-order valence-electron chi connectivity index (χ3n) is 9.30. The largest absolute Gasteiger partial charge is 0.378 e. The third-order valence-corrected chi connectivity index (χ3v) is 11.3. The van der Waals surface area contributed by atoms with Crippen LogP contribution in [0.15, 0.2) is 45.4 Å². The zero-order valence-electron chi connectivity index (χ0n) is 31.0. The Hall–Kier alpha value is -1.72. The molecule has 52 heavy (non-hydrogen) atoms. The summed E-state index contributed by atoms with van der Waals surface area (Å²) >= 11 is 3.50. The van der Waals surface area contributed by atoms with E-state index in [0.29, 0.717) is 97.6 Å². The summed E-state index contributed by atoms with van der Waals surface area (Å²) < 4.78 is 40.1. The highest BCUT2D eigenvalue weighted by molar-refractivity contribution is 8.00. The Morgan fingerprint density at radius 2 is 1.08 bits per heavy atom. The average Bonchev–Trinajstić information content (AvgIpc) is 3.25. The van der Waals surface area contributed by atoms with Crippen LogP contribution in [0.2, 0.25) is 0 Å². The molecule has 0 aliphatic heterocycles. The number of hydrogen-bond donors (Lipinski definition) is 4. The molecule has 14 heteroatoms. The lowest BCUT2D eigenvalue weighted by Crippen LogP contribution is -2.31. The van der Waals surface area contributed by atoms with Crippen molar-refractivity contribution in [3.8, 4) is 0 Å². The van der Waals surface area contributed by atoms with Crippen LogP contribution in [0.4, 0.5) is 0 Å². The second-order valence-electron chi connectivity index (χ2n) is 13.3. The van der Waals surface area contributed by atoms with Crippen LogP contribution in [0.1, 0.15) is 70.6 Å². The zero-order chi connectivity index (χ0) is 36.5. The Kier molecular flexibility index (Phi) is 22.3. The Labute approximate surface area is 319 Å². The highest BCUT2D eigenvalue weighted by Crippen LogP contribution is 2.54. The van der Waals surface area contributed by atoms with Crippen LogP contribution in [0.5, 0.6) is 0 Å². The van der Waals surface area contributed by atoms with Gasteiger partial charge in [-0.2, -0.15) is 0 Å². The fraction of sp³-hybridized carbons (Fsp3) is 0.737. The smallest absolute Gasteiger partial charge is 0.220 e. The van der Waals surface area contributed by atoms with E-state index in [-0.39, 0.29) is 24.7 Å². The Bertz CT molecular complexity index is 1160. The van der Waals surface area contributed by atoms with Crippen LogP contribution in [0, 0.1) is 0 Å². The fourth-order valence-electron chi connectivity index (χ4n) is 6.36. The molecule has 4 bridgehead atoms. The Balaban J connectivity index is 0.795. The van der Waals surface area contributed by atoms with Gasteiger partial charge in [0.1, 0.15) is 0 Å². The molecule has 12 nitrogen and oxygen atoms in total. The van der Waals surface area contributed by atoms with Crippen LogP contribution >= 0.6 is 23.9 Å². The lowest BCUT2D eigenvalue weighted by Gasteiger charge is -2.34. The lowest BCUT2D eigenvalue weighted by atomic mass is 9.76. The molecule has 0 radical (unpaired) electrons. The van der Waals surface area contributed by atoms with Crippen molar-refractivity contribution in [3.63, 3.8) is 0 Å².